The van der Waals surface area contributed by atoms with Crippen molar-refractivity contribution < 1.29 is 14.0 Å². The van der Waals surface area contributed by atoms with Crippen molar-refractivity contribution in [3.63, 3.8) is 0 Å². The number of nitrogens with zero attached hydrogens (tertiary/aromatic N) is 2. The Balaban J connectivity index is 2.36. The van der Waals surface area contributed by atoms with Crippen LogP contribution in [0.1, 0.15) is 10.4 Å². The third-order valence-corrected chi connectivity index (χ3v) is 1.85. The maximum absolute atomic E-state index is 13.0. The first-order valence-corrected chi connectivity index (χ1v) is 4.15. The molecule has 0 spiro atoms. The molecule has 4 nitrogen and oxygen atoms in total. The van der Waals surface area contributed by atoms with Crippen molar-refractivity contribution in [1.82, 2.24) is 0 Å². The first kappa shape index (κ1) is 9.39. The van der Waals surface area contributed by atoms with Gasteiger partial charge in [0.05, 0.1) is 0 Å². The fourth-order valence-electron chi connectivity index (χ4n) is 1.17. The van der Waals surface area contributed by atoms with Crippen molar-refractivity contribution in [1.29, 1.82) is 0 Å². The van der Waals surface area contributed by atoms with Crippen molar-refractivity contribution in [2.24, 2.45) is 9.98 Å². The lowest BCUT2D eigenvalue weighted by Gasteiger charge is -1.97. The van der Waals surface area contributed by atoms with Crippen LogP contribution in [0.5, 0.6) is 0 Å². The number of halogens is 1. The Hall–Kier alpha value is -2.17. The Labute approximate surface area is 84.2 Å². The van der Waals surface area contributed by atoms with Crippen LogP contribution in [0.25, 0.3) is 0 Å². The van der Waals surface area contributed by atoms with Gasteiger partial charge in [0.1, 0.15) is 0 Å². The number of rotatable bonds is 2. The molecule has 0 radical (unpaired) electrons. The van der Waals surface area contributed by atoms with E-state index in [4.69, 9.17) is 0 Å². The maximum Gasteiger partial charge on any atom is 0.370 e. The summed E-state index contributed by atoms with van der Waals surface area (Å²) in [7, 11) is 0. The van der Waals surface area contributed by atoms with Crippen molar-refractivity contribution >= 4 is 23.5 Å². The Morgan fingerprint density at radius 3 is 2.33 bits per heavy atom. The molecule has 0 saturated carbocycles. The number of carbonyl (C=O) groups excluding carboxylic acids is 2. The molecule has 5 heteroatoms. The number of aliphatic imine (C=N–C) groups is 2. The monoisotopic (exact) mass is 204 g/mol. The summed E-state index contributed by atoms with van der Waals surface area (Å²) in [5.41, 5.74) is -0.248. The third-order valence-electron chi connectivity index (χ3n) is 1.85. The van der Waals surface area contributed by atoms with Gasteiger partial charge in [0.2, 0.25) is 11.7 Å². The second-order valence-corrected chi connectivity index (χ2v) is 2.84. The third kappa shape index (κ3) is 1.71. The molecule has 0 atom stereocenters. The smallest absolute Gasteiger partial charge is 0.287 e. The molecule has 2 amide bonds. The number of amides is 2. The first-order valence-electron chi connectivity index (χ1n) is 4.15. The van der Waals surface area contributed by atoms with Crippen molar-refractivity contribution in [3.8, 4) is 0 Å². The fraction of sp³-hybridized carbons (Fsp3) is 0. The van der Waals surface area contributed by atoms with Crippen LogP contribution in [-0.4, -0.2) is 23.5 Å². The van der Waals surface area contributed by atoms with Crippen LogP contribution in [0.4, 0.5) is 9.18 Å². The predicted octanol–water partition coefficient (Wildman–Crippen LogP) is 1.81. The molecule has 15 heavy (non-hydrogen) atoms. The molecule has 0 fully saturated rings. The summed E-state index contributed by atoms with van der Waals surface area (Å²) in [6, 6.07) is 7.05. The van der Waals surface area contributed by atoms with Crippen LogP contribution in [-0.2, 0) is 0 Å². The topological polar surface area (TPSA) is 58.9 Å². The fourth-order valence-corrected chi connectivity index (χ4v) is 1.17. The van der Waals surface area contributed by atoms with Gasteiger partial charge in [0, 0.05) is 5.56 Å². The van der Waals surface area contributed by atoms with E-state index in [9.17, 15) is 14.0 Å². The minimum Gasteiger partial charge on any atom is -0.287 e. The van der Waals surface area contributed by atoms with Crippen LogP contribution in [0, 0.1) is 0 Å². The molecular weight excluding hydrogens is 199 g/mol. The van der Waals surface area contributed by atoms with Crippen molar-refractivity contribution in [2.45, 2.75) is 0 Å². The zero-order valence-corrected chi connectivity index (χ0v) is 7.48. The van der Waals surface area contributed by atoms with Crippen LogP contribution in [0.15, 0.2) is 40.3 Å². The molecule has 0 unspecified atom stereocenters. The van der Waals surface area contributed by atoms with Gasteiger partial charge in [0.25, 0.3) is 0 Å². The van der Waals surface area contributed by atoms with Crippen LogP contribution in [0.2, 0.25) is 0 Å². The lowest BCUT2D eigenvalue weighted by Crippen LogP contribution is -2.18. The Bertz CT molecular complexity index is 491. The zero-order chi connectivity index (χ0) is 10.8. The number of hydrogen-bond acceptors (Lipinski definition) is 2. The average molecular weight is 204 g/mol. The summed E-state index contributed by atoms with van der Waals surface area (Å²) < 4.78 is 13.0. The van der Waals surface area contributed by atoms with Crippen LogP contribution < -0.4 is 0 Å². The Morgan fingerprint density at radius 1 is 1.13 bits per heavy atom. The molecule has 2 rings (SSSR count). The molecule has 74 valence electrons. The maximum atomic E-state index is 13.0. The van der Waals surface area contributed by atoms with E-state index >= 15 is 0 Å². The van der Waals surface area contributed by atoms with Gasteiger partial charge in [-0.3, -0.25) is 4.79 Å². The molecular formula is C10H5FN2O2. The summed E-state index contributed by atoms with van der Waals surface area (Å²) in [6.45, 7) is 0. The van der Waals surface area contributed by atoms with Gasteiger partial charge in [-0.2, -0.15) is 14.4 Å². The minimum atomic E-state index is -1.12. The minimum absolute atomic E-state index is 0.274. The van der Waals surface area contributed by atoms with Gasteiger partial charge >= 0.3 is 6.03 Å². The van der Waals surface area contributed by atoms with E-state index in [0.29, 0.717) is 0 Å². The van der Waals surface area contributed by atoms with E-state index in [1.165, 1.54) is 12.1 Å². The van der Waals surface area contributed by atoms with Gasteiger partial charge in [-0.05, 0) is 0 Å². The largest absolute Gasteiger partial charge is 0.370 e. The first-order chi connectivity index (χ1) is 7.18. The highest BCUT2D eigenvalue weighted by molar-refractivity contribution is 6.71. The van der Waals surface area contributed by atoms with Gasteiger partial charge < -0.3 is 0 Å². The second kappa shape index (κ2) is 3.53. The summed E-state index contributed by atoms with van der Waals surface area (Å²) in [5.74, 6) is -1.75. The predicted molar refractivity (Wildman–Crippen MR) is 52.1 cm³/mol. The molecule has 1 aliphatic heterocycles. The number of Topliss-reactive ketones (excluding diaryl/α,β-unsaturated/α-hetero) is 1. The lowest BCUT2D eigenvalue weighted by molar-refractivity contribution is 0.106. The van der Waals surface area contributed by atoms with Gasteiger partial charge in [-0.15, -0.1) is 0 Å². The van der Waals surface area contributed by atoms with Crippen molar-refractivity contribution in [2.75, 3.05) is 0 Å². The van der Waals surface area contributed by atoms with E-state index in [2.05, 4.69) is 9.98 Å². The summed E-state index contributed by atoms with van der Waals surface area (Å²) in [5, 5.41) is 0. The zero-order valence-electron chi connectivity index (χ0n) is 7.48. The molecule has 1 heterocycles. The highest BCUT2D eigenvalue weighted by atomic mass is 19.1. The number of benzene rings is 1. The highest BCUT2D eigenvalue weighted by Crippen LogP contribution is 2.08. The summed E-state index contributed by atoms with van der Waals surface area (Å²) >= 11 is 0. The number of urea groups is 1. The van der Waals surface area contributed by atoms with Crippen LogP contribution in [0.3, 0.4) is 0 Å². The van der Waals surface area contributed by atoms with Gasteiger partial charge in [0.15, 0.2) is 5.71 Å². The van der Waals surface area contributed by atoms with E-state index < -0.39 is 23.5 Å². The second-order valence-electron chi connectivity index (χ2n) is 2.84. The van der Waals surface area contributed by atoms with Gasteiger partial charge in [-0.1, -0.05) is 30.3 Å². The molecule has 0 bridgehead atoms. The van der Waals surface area contributed by atoms with E-state index in [0.717, 1.165) is 0 Å². The SMILES string of the molecule is O=C1N=C(F)C(C(=O)c2ccccc2)=N1. The van der Waals surface area contributed by atoms with E-state index in [-0.39, 0.29) is 5.56 Å². The number of hydrogen-bond donors (Lipinski definition) is 0. The highest BCUT2D eigenvalue weighted by Gasteiger charge is 2.26. The van der Waals surface area contributed by atoms with Gasteiger partial charge in [-0.25, -0.2) is 4.79 Å². The molecule has 0 aromatic heterocycles. The summed E-state index contributed by atoms with van der Waals surface area (Å²) in [4.78, 5) is 28.3. The van der Waals surface area contributed by atoms with E-state index in [1.807, 2.05) is 0 Å². The molecule has 1 aromatic carbocycles. The van der Waals surface area contributed by atoms with E-state index in [1.54, 1.807) is 18.2 Å². The van der Waals surface area contributed by atoms with Crippen LogP contribution >= 0.6 is 0 Å². The molecule has 0 saturated heterocycles. The molecule has 0 aliphatic carbocycles. The number of ketones is 1. The molecule has 0 N–H and O–H groups in total. The average Bonchev–Trinajstić information content (AvgIpc) is 2.58. The van der Waals surface area contributed by atoms with Crippen molar-refractivity contribution in [3.05, 3.63) is 35.9 Å². The lowest BCUT2D eigenvalue weighted by atomic mass is 10.1. The normalized spacial score (nSPS) is 14.9. The summed E-state index contributed by atoms with van der Waals surface area (Å²) in [6.07, 6.45) is 0. The Kier molecular flexibility index (Phi) is 2.21. The quantitative estimate of drug-likeness (QED) is 0.689. The standard InChI is InChI=1S/C10H5FN2O2/c11-9-7(12-10(15)13-9)8(14)6-4-2-1-3-5-6/h1-5H. The Morgan fingerprint density at radius 2 is 1.80 bits per heavy atom. The molecule has 1 aliphatic rings. The molecule has 1 aromatic rings. The number of carbonyl (C=O) groups is 2.